The summed E-state index contributed by atoms with van der Waals surface area (Å²) in [5.74, 6) is -0.283. The highest BCUT2D eigenvalue weighted by Crippen LogP contribution is 2.34. The fraction of sp³-hybridized carbons (Fsp3) is 0.462. The van der Waals surface area contributed by atoms with Gasteiger partial charge in [-0.1, -0.05) is 23.2 Å². The van der Waals surface area contributed by atoms with Gasteiger partial charge in [0.1, 0.15) is 5.56 Å². The number of rotatable bonds is 6. The van der Waals surface area contributed by atoms with E-state index in [0.29, 0.717) is 11.6 Å². The van der Waals surface area contributed by atoms with E-state index in [0.717, 1.165) is 13.0 Å². The van der Waals surface area contributed by atoms with Gasteiger partial charge in [-0.2, -0.15) is 0 Å². The molecule has 0 radical (unpaired) electrons. The molecule has 0 aliphatic heterocycles. The Balaban J connectivity index is 2.74. The number of hydrogen-bond donors (Lipinski definition) is 0. The van der Waals surface area contributed by atoms with Gasteiger partial charge in [0.2, 0.25) is 0 Å². The van der Waals surface area contributed by atoms with Crippen molar-refractivity contribution in [1.82, 2.24) is 4.90 Å². The average molecular weight is 306 g/mol. The zero-order valence-corrected chi connectivity index (χ0v) is 12.7. The summed E-state index contributed by atoms with van der Waals surface area (Å²) in [7, 11) is 5.34. The Labute approximate surface area is 123 Å². The zero-order chi connectivity index (χ0) is 14.4. The summed E-state index contributed by atoms with van der Waals surface area (Å²) < 4.78 is 10.3. The number of nitrogens with zero attached hydrogens (tertiary/aromatic N) is 1. The topological polar surface area (TPSA) is 38.8 Å². The molecule has 0 spiro atoms. The molecule has 0 saturated heterocycles. The average Bonchev–Trinajstić information content (AvgIpc) is 2.36. The number of ether oxygens (including phenoxy) is 2. The van der Waals surface area contributed by atoms with Gasteiger partial charge in [-0.15, -0.1) is 0 Å². The zero-order valence-electron chi connectivity index (χ0n) is 11.2. The third-order valence-electron chi connectivity index (χ3n) is 2.45. The maximum absolute atomic E-state index is 12.0. The van der Waals surface area contributed by atoms with E-state index in [2.05, 4.69) is 0 Å². The molecular formula is C13H17Cl2NO3. The number of carbonyl (C=O) groups excluding carboxylic acids is 1. The molecule has 6 heteroatoms. The molecule has 1 aromatic carbocycles. The molecule has 106 valence electrons. The van der Waals surface area contributed by atoms with Crippen molar-refractivity contribution >= 4 is 29.2 Å². The molecule has 1 aromatic rings. The first-order valence-electron chi connectivity index (χ1n) is 5.81. The quantitative estimate of drug-likeness (QED) is 0.598. The first-order chi connectivity index (χ1) is 8.97. The van der Waals surface area contributed by atoms with Gasteiger partial charge in [0.05, 0.1) is 23.8 Å². The van der Waals surface area contributed by atoms with E-state index in [1.807, 2.05) is 19.0 Å². The van der Waals surface area contributed by atoms with Crippen LogP contribution in [-0.2, 0) is 4.74 Å². The third kappa shape index (κ3) is 4.56. The third-order valence-corrected chi connectivity index (χ3v) is 3.06. The van der Waals surface area contributed by atoms with Crippen LogP contribution in [-0.4, -0.2) is 45.2 Å². The van der Waals surface area contributed by atoms with E-state index in [4.69, 9.17) is 32.7 Å². The van der Waals surface area contributed by atoms with Crippen molar-refractivity contribution in [3.05, 3.63) is 27.7 Å². The SMILES string of the molecule is COc1c(Cl)ccc(Cl)c1C(=O)OCCCN(C)C. The summed E-state index contributed by atoms with van der Waals surface area (Å²) in [6, 6.07) is 3.12. The highest BCUT2D eigenvalue weighted by molar-refractivity contribution is 6.37. The fourth-order valence-electron chi connectivity index (χ4n) is 1.54. The van der Waals surface area contributed by atoms with Crippen LogP contribution in [0.3, 0.4) is 0 Å². The molecule has 0 atom stereocenters. The monoisotopic (exact) mass is 305 g/mol. The molecule has 19 heavy (non-hydrogen) atoms. The van der Waals surface area contributed by atoms with Crippen molar-refractivity contribution in [2.45, 2.75) is 6.42 Å². The Kier molecular flexibility index (Phi) is 6.42. The fourth-order valence-corrected chi connectivity index (χ4v) is 2.00. The number of halogens is 2. The molecule has 4 nitrogen and oxygen atoms in total. The lowest BCUT2D eigenvalue weighted by Gasteiger charge is -2.13. The largest absolute Gasteiger partial charge is 0.494 e. The first-order valence-corrected chi connectivity index (χ1v) is 6.56. The molecule has 0 aliphatic rings. The summed E-state index contributed by atoms with van der Waals surface area (Å²) in [4.78, 5) is 14.0. The molecule has 1 rings (SSSR count). The van der Waals surface area contributed by atoms with Crippen LogP contribution in [0, 0.1) is 0 Å². The second kappa shape index (κ2) is 7.58. The Bertz CT molecular complexity index is 450. The minimum absolute atomic E-state index is 0.168. The smallest absolute Gasteiger partial charge is 0.343 e. The molecule has 0 amide bonds. The number of esters is 1. The number of carbonyl (C=O) groups is 1. The molecular weight excluding hydrogens is 289 g/mol. The first kappa shape index (κ1) is 16.1. The van der Waals surface area contributed by atoms with E-state index in [1.54, 1.807) is 12.1 Å². The molecule has 0 unspecified atom stereocenters. The van der Waals surface area contributed by atoms with Crippen molar-refractivity contribution in [1.29, 1.82) is 0 Å². The lowest BCUT2D eigenvalue weighted by atomic mass is 10.2. The van der Waals surface area contributed by atoms with Crippen molar-refractivity contribution in [2.24, 2.45) is 0 Å². The summed E-state index contributed by atoms with van der Waals surface area (Å²) in [6.45, 7) is 1.16. The Morgan fingerprint density at radius 2 is 1.89 bits per heavy atom. The van der Waals surface area contributed by atoms with Crippen molar-refractivity contribution in [3.63, 3.8) is 0 Å². The van der Waals surface area contributed by atoms with Crippen LogP contribution in [0.15, 0.2) is 12.1 Å². The van der Waals surface area contributed by atoms with Gasteiger partial charge in [0, 0.05) is 6.54 Å². The van der Waals surface area contributed by atoms with Crippen molar-refractivity contribution < 1.29 is 14.3 Å². The predicted octanol–water partition coefficient (Wildman–Crippen LogP) is 3.11. The van der Waals surface area contributed by atoms with Gasteiger partial charge in [0.25, 0.3) is 0 Å². The van der Waals surface area contributed by atoms with Gasteiger partial charge < -0.3 is 14.4 Å². The number of benzene rings is 1. The van der Waals surface area contributed by atoms with E-state index in [1.165, 1.54) is 7.11 Å². The maximum Gasteiger partial charge on any atom is 0.343 e. The summed E-state index contributed by atoms with van der Waals surface area (Å²) >= 11 is 11.9. The highest BCUT2D eigenvalue weighted by atomic mass is 35.5. The van der Waals surface area contributed by atoms with E-state index in [9.17, 15) is 4.79 Å². The van der Waals surface area contributed by atoms with Gasteiger partial charge >= 0.3 is 5.97 Å². The minimum atomic E-state index is -0.525. The van der Waals surface area contributed by atoms with Crippen LogP contribution in [0.4, 0.5) is 0 Å². The van der Waals surface area contributed by atoms with Crippen LogP contribution in [0.2, 0.25) is 10.0 Å². The summed E-state index contributed by atoms with van der Waals surface area (Å²) in [5, 5.41) is 0.589. The number of methoxy groups -OCH3 is 1. The van der Waals surface area contributed by atoms with Gasteiger partial charge in [-0.25, -0.2) is 4.79 Å². The molecule has 0 saturated carbocycles. The summed E-state index contributed by atoms with van der Waals surface area (Å²) in [6.07, 6.45) is 0.749. The van der Waals surface area contributed by atoms with Gasteiger partial charge in [-0.05, 0) is 32.6 Å². The van der Waals surface area contributed by atoms with Crippen LogP contribution >= 0.6 is 23.2 Å². The normalized spacial score (nSPS) is 10.6. The molecule has 0 heterocycles. The molecule has 0 bridgehead atoms. The Morgan fingerprint density at radius 1 is 1.26 bits per heavy atom. The standard InChI is InChI=1S/C13H17Cl2NO3/c1-16(2)7-4-8-19-13(17)11-9(14)5-6-10(15)12(11)18-3/h5-6H,4,7-8H2,1-3H3. The maximum atomic E-state index is 12.0. The van der Waals surface area contributed by atoms with E-state index < -0.39 is 5.97 Å². The minimum Gasteiger partial charge on any atom is -0.494 e. The lowest BCUT2D eigenvalue weighted by molar-refractivity contribution is 0.0490. The van der Waals surface area contributed by atoms with Crippen LogP contribution in [0.25, 0.3) is 0 Å². The predicted molar refractivity (Wildman–Crippen MR) is 76.5 cm³/mol. The Morgan fingerprint density at radius 3 is 2.47 bits per heavy atom. The van der Waals surface area contributed by atoms with E-state index in [-0.39, 0.29) is 16.3 Å². The van der Waals surface area contributed by atoms with Crippen molar-refractivity contribution in [3.8, 4) is 5.75 Å². The highest BCUT2D eigenvalue weighted by Gasteiger charge is 2.20. The Hall–Kier alpha value is -0.970. The summed E-state index contributed by atoms with van der Waals surface area (Å²) in [5.41, 5.74) is 0.168. The second-order valence-electron chi connectivity index (χ2n) is 4.23. The van der Waals surface area contributed by atoms with Crippen LogP contribution in [0.1, 0.15) is 16.8 Å². The molecule has 0 fully saturated rings. The van der Waals surface area contributed by atoms with Gasteiger partial charge in [-0.3, -0.25) is 0 Å². The van der Waals surface area contributed by atoms with Crippen LogP contribution in [0.5, 0.6) is 5.75 Å². The van der Waals surface area contributed by atoms with Gasteiger partial charge in [0.15, 0.2) is 5.75 Å². The van der Waals surface area contributed by atoms with E-state index >= 15 is 0 Å². The number of hydrogen-bond acceptors (Lipinski definition) is 4. The molecule has 0 aliphatic carbocycles. The molecule has 0 aromatic heterocycles. The second-order valence-corrected chi connectivity index (χ2v) is 5.04. The van der Waals surface area contributed by atoms with Crippen LogP contribution < -0.4 is 4.74 Å². The molecule has 0 N–H and O–H groups in total. The van der Waals surface area contributed by atoms with Crippen molar-refractivity contribution in [2.75, 3.05) is 34.4 Å². The lowest BCUT2D eigenvalue weighted by Crippen LogP contribution is -2.16.